The predicted octanol–water partition coefficient (Wildman–Crippen LogP) is 7.58. The molecule has 0 fully saturated rings. The molecular weight excluding hydrogens is 555 g/mol. The Morgan fingerprint density at radius 2 is 1.03 bits per heavy atom. The van der Waals surface area contributed by atoms with Crippen LogP contribution in [0.3, 0.4) is 0 Å². The first-order valence-electron chi connectivity index (χ1n) is 11.3. The van der Waals surface area contributed by atoms with Crippen molar-refractivity contribution in [3.63, 3.8) is 0 Å². The third-order valence-electron chi connectivity index (χ3n) is 6.08. The van der Waals surface area contributed by atoms with E-state index in [0.29, 0.717) is 0 Å². The van der Waals surface area contributed by atoms with Crippen LogP contribution < -0.4 is 20.7 Å². The third kappa shape index (κ3) is 5.11. The van der Waals surface area contributed by atoms with Crippen molar-refractivity contribution >= 4 is 52.6 Å². The van der Waals surface area contributed by atoms with Crippen molar-refractivity contribution in [2.24, 2.45) is 0 Å². The summed E-state index contributed by atoms with van der Waals surface area (Å²) in [6.45, 7) is 0.751. The van der Waals surface area contributed by atoms with E-state index in [-0.39, 0.29) is 0 Å². The molecule has 0 atom stereocenters. The fourth-order valence-electron chi connectivity index (χ4n) is 4.36. The topological polar surface area (TPSA) is 9.23 Å². The standard InChI is InChI=1S/C29H29Br2OP/c30-22-10-11-23-32-26-20-18-25(19-21-26)24-33(31,27-12-4-1-5-13-27,28-14-6-2-7-15-28)29-16-8-3-9-17-29/h1-9,12-21H,10-11,22-24H2. The Hall–Kier alpha value is -1.93. The van der Waals surface area contributed by atoms with Gasteiger partial charge in [-0.2, -0.15) is 0 Å². The SMILES string of the molecule is BrCCCCOc1ccc(CP(Br)(c2ccccc2)(c2ccccc2)c2ccccc2)cc1. The summed E-state index contributed by atoms with van der Waals surface area (Å²) in [5, 5.41) is 2.04. The number of unbranched alkanes of at least 4 members (excludes halogenated alkanes) is 1. The molecule has 0 amide bonds. The minimum atomic E-state index is -2.97. The fraction of sp³-hybridized carbons (Fsp3) is 0.172. The zero-order valence-corrected chi connectivity index (χ0v) is 22.7. The van der Waals surface area contributed by atoms with Gasteiger partial charge in [0, 0.05) is 0 Å². The molecular formula is C29H29Br2OP. The van der Waals surface area contributed by atoms with E-state index in [0.717, 1.165) is 36.7 Å². The van der Waals surface area contributed by atoms with E-state index >= 15 is 0 Å². The molecule has 0 bridgehead atoms. The first-order chi connectivity index (χ1) is 16.1. The molecule has 4 aromatic rings. The van der Waals surface area contributed by atoms with Gasteiger partial charge in [0.15, 0.2) is 0 Å². The van der Waals surface area contributed by atoms with Crippen LogP contribution in [0.1, 0.15) is 18.4 Å². The first-order valence-corrected chi connectivity index (χ1v) is 16.9. The molecule has 0 aliphatic carbocycles. The van der Waals surface area contributed by atoms with Gasteiger partial charge in [0.1, 0.15) is 0 Å². The molecule has 0 aliphatic heterocycles. The van der Waals surface area contributed by atoms with E-state index in [1.54, 1.807) is 0 Å². The molecule has 0 aromatic heterocycles. The van der Waals surface area contributed by atoms with Crippen molar-refractivity contribution in [3.8, 4) is 5.75 Å². The van der Waals surface area contributed by atoms with Gasteiger partial charge >= 0.3 is 215 Å². The van der Waals surface area contributed by atoms with Crippen LogP contribution >= 0.6 is 36.7 Å². The second-order valence-corrected chi connectivity index (χ2v) is 18.0. The molecule has 0 saturated carbocycles. The Morgan fingerprint density at radius 3 is 1.45 bits per heavy atom. The average molecular weight is 584 g/mol. The maximum absolute atomic E-state index is 5.95. The number of ether oxygens (including phenoxy) is 1. The molecule has 0 aliphatic rings. The molecule has 0 saturated heterocycles. The van der Waals surface area contributed by atoms with E-state index in [9.17, 15) is 0 Å². The van der Waals surface area contributed by atoms with E-state index < -0.39 is 5.31 Å². The monoisotopic (exact) mass is 582 g/mol. The van der Waals surface area contributed by atoms with Crippen LogP contribution in [0, 0.1) is 0 Å². The summed E-state index contributed by atoms with van der Waals surface area (Å²) in [5.41, 5.74) is 1.29. The van der Waals surface area contributed by atoms with Crippen LogP contribution in [0.5, 0.6) is 5.75 Å². The quantitative estimate of drug-likeness (QED) is 0.106. The molecule has 0 N–H and O–H groups in total. The van der Waals surface area contributed by atoms with Crippen molar-refractivity contribution in [1.29, 1.82) is 0 Å². The Labute approximate surface area is 214 Å². The van der Waals surface area contributed by atoms with E-state index in [1.165, 1.54) is 21.5 Å². The number of rotatable bonds is 10. The summed E-state index contributed by atoms with van der Waals surface area (Å²) in [4.78, 5) is 0. The Balaban J connectivity index is 1.80. The fourth-order valence-corrected chi connectivity index (χ4v) is 12.5. The molecule has 1 nitrogen and oxygen atoms in total. The van der Waals surface area contributed by atoms with Crippen molar-refractivity contribution in [3.05, 3.63) is 121 Å². The second-order valence-electron chi connectivity index (χ2n) is 8.24. The molecule has 4 rings (SSSR count). The zero-order valence-electron chi connectivity index (χ0n) is 18.6. The summed E-state index contributed by atoms with van der Waals surface area (Å²) in [6, 6.07) is 41.4. The van der Waals surface area contributed by atoms with Gasteiger partial charge in [0.2, 0.25) is 0 Å². The first kappa shape index (κ1) is 24.2. The van der Waals surface area contributed by atoms with Crippen molar-refractivity contribution in [2.45, 2.75) is 19.0 Å². The van der Waals surface area contributed by atoms with Crippen LogP contribution in [0.4, 0.5) is 0 Å². The predicted molar refractivity (Wildman–Crippen MR) is 153 cm³/mol. The third-order valence-corrected chi connectivity index (χ3v) is 16.2. The van der Waals surface area contributed by atoms with Gasteiger partial charge in [0.25, 0.3) is 0 Å². The molecule has 0 heterocycles. The van der Waals surface area contributed by atoms with Gasteiger partial charge in [0.05, 0.1) is 0 Å². The van der Waals surface area contributed by atoms with Crippen molar-refractivity contribution < 1.29 is 4.74 Å². The molecule has 170 valence electrons. The van der Waals surface area contributed by atoms with Crippen molar-refractivity contribution in [2.75, 3.05) is 11.9 Å². The molecule has 0 unspecified atom stereocenters. The summed E-state index contributed by atoms with van der Waals surface area (Å²) < 4.78 is 5.95. The summed E-state index contributed by atoms with van der Waals surface area (Å²) in [6.07, 6.45) is 3.07. The molecule has 33 heavy (non-hydrogen) atoms. The molecule has 4 heteroatoms. The Kier molecular flexibility index (Phi) is 8.07. The van der Waals surface area contributed by atoms with Crippen LogP contribution in [-0.2, 0) is 6.16 Å². The Bertz CT molecular complexity index is 1030. The normalized spacial score (nSPS) is 12.6. The van der Waals surface area contributed by atoms with E-state index in [4.69, 9.17) is 4.74 Å². The number of alkyl halides is 1. The van der Waals surface area contributed by atoms with Gasteiger partial charge in [-0.1, -0.05) is 0 Å². The molecule has 0 radical (unpaired) electrons. The summed E-state index contributed by atoms with van der Waals surface area (Å²) in [5.74, 6) is 0.933. The number of benzene rings is 4. The van der Waals surface area contributed by atoms with Gasteiger partial charge in [-0.3, -0.25) is 0 Å². The number of hydrogen-bond acceptors (Lipinski definition) is 1. The van der Waals surface area contributed by atoms with Crippen LogP contribution in [0.15, 0.2) is 115 Å². The summed E-state index contributed by atoms with van der Waals surface area (Å²) in [7, 11) is 0. The number of hydrogen-bond donors (Lipinski definition) is 0. The van der Waals surface area contributed by atoms with Gasteiger partial charge < -0.3 is 0 Å². The van der Waals surface area contributed by atoms with Crippen molar-refractivity contribution in [1.82, 2.24) is 0 Å². The van der Waals surface area contributed by atoms with Crippen LogP contribution in [0.25, 0.3) is 0 Å². The zero-order chi connectivity index (χ0) is 23.0. The molecule has 4 aromatic carbocycles. The van der Waals surface area contributed by atoms with E-state index in [1.807, 2.05) is 0 Å². The molecule has 0 spiro atoms. The van der Waals surface area contributed by atoms with Crippen LogP contribution in [0.2, 0.25) is 0 Å². The minimum absolute atomic E-state index is 0.751. The second kappa shape index (κ2) is 11.0. The summed E-state index contributed by atoms with van der Waals surface area (Å²) >= 11 is 8.01. The number of halogens is 2. The van der Waals surface area contributed by atoms with Gasteiger partial charge in [-0.25, -0.2) is 0 Å². The van der Waals surface area contributed by atoms with E-state index in [2.05, 4.69) is 147 Å². The Morgan fingerprint density at radius 1 is 0.576 bits per heavy atom. The average Bonchev–Trinajstić information content (AvgIpc) is 2.89. The maximum atomic E-state index is 5.95. The van der Waals surface area contributed by atoms with Crippen LogP contribution in [-0.4, -0.2) is 11.9 Å². The van der Waals surface area contributed by atoms with Gasteiger partial charge in [-0.15, -0.1) is 0 Å². The van der Waals surface area contributed by atoms with Gasteiger partial charge in [-0.05, 0) is 0 Å².